The van der Waals surface area contributed by atoms with E-state index < -0.39 is 16.2 Å². The van der Waals surface area contributed by atoms with Gasteiger partial charge in [-0.1, -0.05) is 31.0 Å². The summed E-state index contributed by atoms with van der Waals surface area (Å²) in [6.07, 6.45) is 2.83. The molecule has 0 heterocycles. The zero-order valence-corrected chi connectivity index (χ0v) is 15.7. The molecule has 0 aliphatic carbocycles. The molecule has 0 aliphatic rings. The molecule has 0 saturated heterocycles. The molecule has 4 heteroatoms. The van der Waals surface area contributed by atoms with Crippen LogP contribution in [0.4, 0.5) is 0 Å². The summed E-state index contributed by atoms with van der Waals surface area (Å²) in [6.45, 7) is 9.81. The topological polar surface area (TPSA) is 43.4 Å². The van der Waals surface area contributed by atoms with Crippen LogP contribution in [-0.2, 0) is 20.3 Å². The van der Waals surface area contributed by atoms with Crippen molar-refractivity contribution < 1.29 is 13.7 Å². The second-order valence-corrected chi connectivity index (χ2v) is 8.12. The lowest BCUT2D eigenvalue weighted by Crippen LogP contribution is -2.23. The number of hydrogen-bond acceptors (Lipinski definition) is 3. The molecule has 0 fully saturated rings. The van der Waals surface area contributed by atoms with E-state index in [-0.39, 0.29) is 12.6 Å². The van der Waals surface area contributed by atoms with Gasteiger partial charge in [0.05, 0.1) is 16.2 Å². The number of benzene rings is 1. The van der Waals surface area contributed by atoms with Gasteiger partial charge in [0.2, 0.25) is 0 Å². The standard InChI is InChI=1S/C19H28O3S/c1-6-7-8-16(13-22-18(20)19(3,4)5)14-23(21)17-11-9-15(2)10-12-17/h9-12,14H,6-8,13H2,1-5H3/b16-14+. The van der Waals surface area contributed by atoms with Gasteiger partial charge in [-0.3, -0.25) is 4.79 Å². The fraction of sp³-hybridized carbons (Fsp3) is 0.526. The normalized spacial score (nSPS) is 13.7. The van der Waals surface area contributed by atoms with Gasteiger partial charge >= 0.3 is 5.97 Å². The highest BCUT2D eigenvalue weighted by Crippen LogP contribution is 2.18. The molecule has 0 bridgehead atoms. The first-order valence-electron chi connectivity index (χ1n) is 8.08. The molecule has 3 nitrogen and oxygen atoms in total. The molecular formula is C19H28O3S. The van der Waals surface area contributed by atoms with Crippen LogP contribution in [0.2, 0.25) is 0 Å². The summed E-state index contributed by atoms with van der Waals surface area (Å²) in [4.78, 5) is 12.7. The molecule has 23 heavy (non-hydrogen) atoms. The van der Waals surface area contributed by atoms with E-state index in [1.165, 1.54) is 0 Å². The van der Waals surface area contributed by atoms with Crippen molar-refractivity contribution in [3.8, 4) is 0 Å². The van der Waals surface area contributed by atoms with Gasteiger partial charge in [0.1, 0.15) is 6.61 Å². The first-order valence-corrected chi connectivity index (χ1v) is 9.29. The predicted octanol–water partition coefficient (Wildman–Crippen LogP) is 4.77. The van der Waals surface area contributed by atoms with Crippen molar-refractivity contribution in [2.24, 2.45) is 5.41 Å². The fourth-order valence-corrected chi connectivity index (χ4v) is 2.86. The highest BCUT2D eigenvalue weighted by molar-refractivity contribution is 7.88. The average Bonchev–Trinajstić information content (AvgIpc) is 2.49. The number of esters is 1. The Bertz CT molecular complexity index is 565. The summed E-state index contributed by atoms with van der Waals surface area (Å²) in [6, 6.07) is 7.65. The number of rotatable bonds is 7. The van der Waals surface area contributed by atoms with E-state index in [9.17, 15) is 9.00 Å². The number of hydrogen-bond donors (Lipinski definition) is 0. The molecule has 0 spiro atoms. The zero-order chi connectivity index (χ0) is 17.5. The Kier molecular flexibility index (Phi) is 7.69. The monoisotopic (exact) mass is 336 g/mol. The van der Waals surface area contributed by atoms with Gasteiger partial charge < -0.3 is 4.74 Å². The molecule has 0 N–H and O–H groups in total. The Balaban J connectivity index is 2.81. The zero-order valence-electron chi connectivity index (χ0n) is 14.8. The highest BCUT2D eigenvalue weighted by Gasteiger charge is 2.23. The predicted molar refractivity (Wildman–Crippen MR) is 95.6 cm³/mol. The van der Waals surface area contributed by atoms with Crippen molar-refractivity contribution in [2.45, 2.75) is 58.8 Å². The van der Waals surface area contributed by atoms with Gasteiger partial charge in [0, 0.05) is 10.3 Å². The maximum atomic E-state index is 12.5. The third kappa shape index (κ3) is 7.12. The average molecular weight is 336 g/mol. The number of carbonyl (C=O) groups is 1. The first kappa shape index (κ1) is 19.6. The van der Waals surface area contributed by atoms with E-state index >= 15 is 0 Å². The fourth-order valence-electron chi connectivity index (χ4n) is 1.84. The minimum absolute atomic E-state index is 0.216. The smallest absolute Gasteiger partial charge is 0.311 e. The minimum Gasteiger partial charge on any atom is -0.461 e. The van der Waals surface area contributed by atoms with Crippen LogP contribution in [0.1, 0.15) is 52.5 Å². The Morgan fingerprint density at radius 2 is 1.83 bits per heavy atom. The van der Waals surface area contributed by atoms with Crippen LogP contribution in [0, 0.1) is 12.3 Å². The Labute approximate surface area is 142 Å². The Morgan fingerprint density at radius 1 is 1.22 bits per heavy atom. The van der Waals surface area contributed by atoms with E-state index in [1.807, 2.05) is 52.0 Å². The quantitative estimate of drug-likeness (QED) is 0.674. The molecule has 0 radical (unpaired) electrons. The number of unbranched alkanes of at least 4 members (excludes halogenated alkanes) is 1. The molecule has 128 valence electrons. The van der Waals surface area contributed by atoms with Crippen molar-refractivity contribution in [1.82, 2.24) is 0 Å². The lowest BCUT2D eigenvalue weighted by atomic mass is 9.97. The van der Waals surface area contributed by atoms with Crippen LogP contribution >= 0.6 is 0 Å². The van der Waals surface area contributed by atoms with Gasteiger partial charge in [-0.2, -0.15) is 0 Å². The molecule has 1 unspecified atom stereocenters. The van der Waals surface area contributed by atoms with E-state index in [1.54, 1.807) is 5.41 Å². The van der Waals surface area contributed by atoms with E-state index in [0.29, 0.717) is 0 Å². The summed E-state index contributed by atoms with van der Waals surface area (Å²) in [5.41, 5.74) is 1.54. The maximum Gasteiger partial charge on any atom is 0.311 e. The van der Waals surface area contributed by atoms with Gasteiger partial charge in [-0.25, -0.2) is 4.21 Å². The largest absolute Gasteiger partial charge is 0.461 e. The molecular weight excluding hydrogens is 308 g/mol. The van der Waals surface area contributed by atoms with Crippen molar-refractivity contribution in [3.63, 3.8) is 0 Å². The summed E-state index contributed by atoms with van der Waals surface area (Å²) >= 11 is 0. The lowest BCUT2D eigenvalue weighted by molar-refractivity contribution is -0.151. The molecule has 0 saturated carbocycles. The van der Waals surface area contributed by atoms with Gasteiger partial charge in [-0.05, 0) is 58.2 Å². The van der Waals surface area contributed by atoms with Crippen LogP contribution in [0.15, 0.2) is 40.1 Å². The summed E-state index contributed by atoms with van der Waals surface area (Å²) in [5.74, 6) is -0.235. The van der Waals surface area contributed by atoms with Gasteiger partial charge in [0.25, 0.3) is 0 Å². The molecule has 0 aliphatic heterocycles. The third-order valence-corrected chi connectivity index (χ3v) is 4.66. The van der Waals surface area contributed by atoms with Gasteiger partial charge in [0.15, 0.2) is 0 Å². The maximum absolute atomic E-state index is 12.5. The Hall–Kier alpha value is -1.42. The molecule has 0 amide bonds. The second kappa shape index (κ2) is 9.02. The first-order chi connectivity index (χ1) is 10.7. The van der Waals surface area contributed by atoms with Crippen molar-refractivity contribution in [1.29, 1.82) is 0 Å². The van der Waals surface area contributed by atoms with Crippen molar-refractivity contribution in [3.05, 3.63) is 40.8 Å². The highest BCUT2D eigenvalue weighted by atomic mass is 32.2. The lowest BCUT2D eigenvalue weighted by Gasteiger charge is -2.17. The van der Waals surface area contributed by atoms with Crippen LogP contribution < -0.4 is 0 Å². The molecule has 1 aromatic carbocycles. The SMILES string of the molecule is CCCC/C(=C\S(=O)c1ccc(C)cc1)COC(=O)C(C)(C)C. The second-order valence-electron chi connectivity index (χ2n) is 6.82. The molecule has 1 aromatic rings. The number of ether oxygens (including phenoxy) is 1. The third-order valence-electron chi connectivity index (χ3n) is 3.38. The van der Waals surface area contributed by atoms with Gasteiger partial charge in [-0.15, -0.1) is 0 Å². The Morgan fingerprint density at radius 3 is 2.35 bits per heavy atom. The van der Waals surface area contributed by atoms with Crippen molar-refractivity contribution >= 4 is 16.8 Å². The van der Waals surface area contributed by atoms with Crippen LogP contribution in [0.25, 0.3) is 0 Å². The summed E-state index contributed by atoms with van der Waals surface area (Å²) in [7, 11) is -1.21. The number of aryl methyl sites for hydroxylation is 1. The molecule has 1 rings (SSSR count). The minimum atomic E-state index is -1.21. The van der Waals surface area contributed by atoms with Crippen LogP contribution in [0.3, 0.4) is 0 Å². The summed E-state index contributed by atoms with van der Waals surface area (Å²) in [5, 5.41) is 1.73. The summed E-state index contributed by atoms with van der Waals surface area (Å²) < 4.78 is 17.8. The number of carbonyl (C=O) groups excluding carboxylic acids is 1. The molecule has 0 aromatic heterocycles. The van der Waals surface area contributed by atoms with Crippen LogP contribution in [-0.4, -0.2) is 16.8 Å². The van der Waals surface area contributed by atoms with E-state index in [2.05, 4.69) is 6.92 Å². The van der Waals surface area contributed by atoms with E-state index in [0.717, 1.165) is 35.3 Å². The van der Waals surface area contributed by atoms with E-state index in [4.69, 9.17) is 4.74 Å². The molecule has 1 atom stereocenters. The van der Waals surface area contributed by atoms with Crippen molar-refractivity contribution in [2.75, 3.05) is 6.61 Å². The van der Waals surface area contributed by atoms with Crippen LogP contribution in [0.5, 0.6) is 0 Å².